The first-order valence-electron chi connectivity index (χ1n) is 8.04. The van der Waals surface area contributed by atoms with E-state index in [2.05, 4.69) is 10.3 Å². The van der Waals surface area contributed by atoms with Crippen molar-refractivity contribution in [1.82, 2.24) is 19.8 Å². The first-order valence-corrected chi connectivity index (χ1v) is 9.84. The predicted octanol–water partition coefficient (Wildman–Crippen LogP) is 2.30. The van der Waals surface area contributed by atoms with E-state index in [4.69, 9.17) is 0 Å². The molecule has 3 rings (SSSR count). The Bertz CT molecular complexity index is 916. The monoisotopic (exact) mass is 380 g/mol. The van der Waals surface area contributed by atoms with Gasteiger partial charge in [-0.1, -0.05) is 11.8 Å². The van der Waals surface area contributed by atoms with E-state index in [9.17, 15) is 14.4 Å². The molecule has 134 valence electrons. The minimum atomic E-state index is -0.361. The number of carbonyl (C=O) groups excluding carboxylic acids is 2. The van der Waals surface area contributed by atoms with E-state index >= 15 is 0 Å². The Labute approximate surface area is 153 Å². The number of fused-ring (bicyclic) bond motifs is 1. The van der Waals surface area contributed by atoms with Gasteiger partial charge in [-0.3, -0.25) is 19.1 Å². The molecular formula is C16H20N4O3S2. The van der Waals surface area contributed by atoms with Crippen LogP contribution in [0.2, 0.25) is 0 Å². The molecule has 0 spiro atoms. The van der Waals surface area contributed by atoms with Crippen molar-refractivity contribution in [3.8, 4) is 0 Å². The molecule has 25 heavy (non-hydrogen) atoms. The summed E-state index contributed by atoms with van der Waals surface area (Å²) in [4.78, 5) is 44.4. The van der Waals surface area contributed by atoms with Gasteiger partial charge < -0.3 is 5.32 Å². The van der Waals surface area contributed by atoms with Gasteiger partial charge in [0, 0.05) is 24.0 Å². The number of thiophene rings is 1. The minimum Gasteiger partial charge on any atom is -0.336 e. The molecule has 0 bridgehead atoms. The summed E-state index contributed by atoms with van der Waals surface area (Å²) >= 11 is 2.69. The second-order valence-electron chi connectivity index (χ2n) is 6.19. The number of aryl methyl sites for hydroxylation is 2. The molecule has 1 fully saturated rings. The van der Waals surface area contributed by atoms with Gasteiger partial charge in [0.2, 0.25) is 5.91 Å². The summed E-state index contributed by atoms with van der Waals surface area (Å²) in [5.74, 6) is -0.204. The molecule has 1 aliphatic heterocycles. The van der Waals surface area contributed by atoms with Gasteiger partial charge in [0.15, 0.2) is 5.16 Å². The molecule has 0 radical (unpaired) electrons. The van der Waals surface area contributed by atoms with Crippen LogP contribution in [0.4, 0.5) is 4.79 Å². The molecule has 2 aromatic rings. The summed E-state index contributed by atoms with van der Waals surface area (Å²) in [7, 11) is 0. The van der Waals surface area contributed by atoms with E-state index in [1.54, 1.807) is 4.57 Å². The Balaban J connectivity index is 1.95. The van der Waals surface area contributed by atoms with Crippen molar-refractivity contribution < 1.29 is 9.59 Å². The lowest BCUT2D eigenvalue weighted by Gasteiger charge is -2.16. The highest BCUT2D eigenvalue weighted by atomic mass is 32.2. The summed E-state index contributed by atoms with van der Waals surface area (Å²) in [6.45, 7) is 8.61. The summed E-state index contributed by atoms with van der Waals surface area (Å²) < 4.78 is 1.63. The van der Waals surface area contributed by atoms with E-state index < -0.39 is 0 Å². The predicted molar refractivity (Wildman–Crippen MR) is 99.6 cm³/mol. The third-order valence-electron chi connectivity index (χ3n) is 4.20. The summed E-state index contributed by atoms with van der Waals surface area (Å²) in [5.41, 5.74) is 0.893. The van der Waals surface area contributed by atoms with Crippen LogP contribution < -0.4 is 10.9 Å². The Morgan fingerprint density at radius 2 is 2.08 bits per heavy atom. The summed E-state index contributed by atoms with van der Waals surface area (Å²) in [5, 5.41) is 3.78. The van der Waals surface area contributed by atoms with Gasteiger partial charge in [-0.15, -0.1) is 11.3 Å². The second kappa shape index (κ2) is 6.80. The number of rotatable bonds is 4. The van der Waals surface area contributed by atoms with Crippen molar-refractivity contribution >= 4 is 45.3 Å². The van der Waals surface area contributed by atoms with Gasteiger partial charge in [0.1, 0.15) is 4.83 Å². The number of carbonyl (C=O) groups is 2. The van der Waals surface area contributed by atoms with Crippen LogP contribution >= 0.6 is 23.1 Å². The van der Waals surface area contributed by atoms with Crippen LogP contribution in [-0.2, 0) is 4.79 Å². The van der Waals surface area contributed by atoms with Crippen LogP contribution in [0.3, 0.4) is 0 Å². The number of amides is 3. The van der Waals surface area contributed by atoms with Crippen molar-refractivity contribution in [1.29, 1.82) is 0 Å². The average molecular weight is 380 g/mol. The maximum Gasteiger partial charge on any atom is 0.324 e. The van der Waals surface area contributed by atoms with E-state index in [1.807, 2.05) is 27.7 Å². The standard InChI is InChI=1S/C16H20N4O3S2/c1-8(2)20-14(22)12-9(3)10(4)25-13(12)18-16(20)24-7-11(21)19-6-5-17-15(19)23/h8H,5-7H2,1-4H3,(H,17,23). The highest BCUT2D eigenvalue weighted by Gasteiger charge is 2.27. The molecule has 3 amide bonds. The lowest BCUT2D eigenvalue weighted by atomic mass is 10.2. The first-order chi connectivity index (χ1) is 11.8. The summed E-state index contributed by atoms with van der Waals surface area (Å²) in [6.07, 6.45) is 0. The van der Waals surface area contributed by atoms with Gasteiger partial charge in [-0.2, -0.15) is 0 Å². The van der Waals surface area contributed by atoms with Crippen LogP contribution in [0.25, 0.3) is 10.2 Å². The molecule has 0 aliphatic carbocycles. The van der Waals surface area contributed by atoms with Crippen LogP contribution in [0, 0.1) is 13.8 Å². The van der Waals surface area contributed by atoms with Crippen LogP contribution in [0.5, 0.6) is 0 Å². The first kappa shape index (κ1) is 17.9. The molecule has 0 atom stereocenters. The molecule has 0 unspecified atom stereocenters. The Hall–Kier alpha value is -1.87. The zero-order chi connectivity index (χ0) is 18.3. The van der Waals surface area contributed by atoms with Crippen LogP contribution in [0.15, 0.2) is 9.95 Å². The number of urea groups is 1. The smallest absolute Gasteiger partial charge is 0.324 e. The fraction of sp³-hybridized carbons (Fsp3) is 0.500. The third-order valence-corrected chi connectivity index (χ3v) is 6.24. The molecule has 1 saturated heterocycles. The van der Waals surface area contributed by atoms with Gasteiger partial charge in [-0.05, 0) is 33.3 Å². The number of thioether (sulfide) groups is 1. The molecule has 7 nitrogen and oxygen atoms in total. The molecule has 9 heteroatoms. The van der Waals surface area contributed by atoms with Gasteiger partial charge in [0.25, 0.3) is 5.56 Å². The number of nitrogens with zero attached hydrogens (tertiary/aromatic N) is 3. The lowest BCUT2D eigenvalue weighted by molar-refractivity contribution is -0.124. The van der Waals surface area contributed by atoms with Crippen LogP contribution in [0.1, 0.15) is 30.3 Å². The average Bonchev–Trinajstić information content (AvgIpc) is 3.08. The van der Waals surface area contributed by atoms with E-state index in [0.717, 1.165) is 10.4 Å². The number of hydrogen-bond acceptors (Lipinski definition) is 6. The zero-order valence-electron chi connectivity index (χ0n) is 14.6. The minimum absolute atomic E-state index is 0.0709. The fourth-order valence-electron chi connectivity index (χ4n) is 2.76. The lowest BCUT2D eigenvalue weighted by Crippen LogP contribution is -2.35. The topological polar surface area (TPSA) is 84.3 Å². The Morgan fingerprint density at radius 3 is 2.68 bits per heavy atom. The molecule has 1 N–H and O–H groups in total. The van der Waals surface area contributed by atoms with E-state index in [0.29, 0.717) is 28.5 Å². The zero-order valence-corrected chi connectivity index (χ0v) is 16.2. The van der Waals surface area contributed by atoms with Gasteiger partial charge in [0.05, 0.1) is 11.1 Å². The van der Waals surface area contributed by atoms with E-state index in [-0.39, 0.29) is 29.3 Å². The molecular weight excluding hydrogens is 360 g/mol. The number of nitrogens with one attached hydrogen (secondary N) is 1. The largest absolute Gasteiger partial charge is 0.336 e. The van der Waals surface area contributed by atoms with Gasteiger partial charge in [-0.25, -0.2) is 9.78 Å². The Kier molecular flexibility index (Phi) is 4.88. The summed E-state index contributed by atoms with van der Waals surface area (Å²) in [6, 6.07) is -0.434. The maximum atomic E-state index is 12.9. The highest BCUT2D eigenvalue weighted by molar-refractivity contribution is 7.99. The quantitative estimate of drug-likeness (QED) is 0.650. The van der Waals surface area contributed by atoms with Crippen molar-refractivity contribution in [2.45, 2.75) is 38.9 Å². The van der Waals surface area contributed by atoms with Crippen molar-refractivity contribution in [3.05, 3.63) is 20.8 Å². The molecule has 0 saturated carbocycles. The van der Waals surface area contributed by atoms with Crippen LogP contribution in [-0.4, -0.2) is 45.2 Å². The number of imide groups is 1. The number of hydrogen-bond donors (Lipinski definition) is 1. The Morgan fingerprint density at radius 1 is 1.36 bits per heavy atom. The molecule has 3 heterocycles. The maximum absolute atomic E-state index is 12.9. The van der Waals surface area contributed by atoms with Crippen molar-refractivity contribution in [2.24, 2.45) is 0 Å². The second-order valence-corrected chi connectivity index (χ2v) is 8.34. The molecule has 1 aliphatic rings. The SMILES string of the molecule is Cc1sc2nc(SCC(=O)N3CCNC3=O)n(C(C)C)c(=O)c2c1C. The molecule has 0 aromatic carbocycles. The fourth-order valence-corrected chi connectivity index (χ4v) is 4.83. The van der Waals surface area contributed by atoms with Crippen molar-refractivity contribution in [3.63, 3.8) is 0 Å². The third kappa shape index (κ3) is 3.18. The number of aromatic nitrogens is 2. The molecule has 2 aromatic heterocycles. The van der Waals surface area contributed by atoms with E-state index in [1.165, 1.54) is 28.0 Å². The van der Waals surface area contributed by atoms with Crippen molar-refractivity contribution in [2.75, 3.05) is 18.8 Å². The highest BCUT2D eigenvalue weighted by Crippen LogP contribution is 2.29. The van der Waals surface area contributed by atoms with Gasteiger partial charge >= 0.3 is 6.03 Å². The normalized spacial score (nSPS) is 14.6.